The highest BCUT2D eigenvalue weighted by molar-refractivity contribution is 6.01. The fraction of sp³-hybridized carbons (Fsp3) is 0.556. The van der Waals surface area contributed by atoms with E-state index >= 15 is 0 Å². The number of amides is 3. The minimum Gasteiger partial charge on any atom is -0.352 e. The molecule has 0 fully saturated rings. The molecular formula is C18H26N5O3+. The van der Waals surface area contributed by atoms with E-state index in [-0.39, 0.29) is 35.8 Å². The number of carbonyl (C=O) groups is 3. The molecule has 1 aromatic heterocycles. The van der Waals surface area contributed by atoms with Crippen LogP contribution in [0.2, 0.25) is 0 Å². The van der Waals surface area contributed by atoms with Crippen molar-refractivity contribution in [1.82, 2.24) is 16.0 Å². The molecule has 0 radical (unpaired) electrons. The summed E-state index contributed by atoms with van der Waals surface area (Å²) >= 11 is 0. The van der Waals surface area contributed by atoms with E-state index in [0.717, 1.165) is 11.4 Å². The van der Waals surface area contributed by atoms with Crippen LogP contribution in [0, 0.1) is 0 Å². The number of likely N-dealkylation sites (N-methyl/N-ethyl adjacent to an activating group) is 1. The summed E-state index contributed by atoms with van der Waals surface area (Å²) in [7, 11) is 1.70. The second-order valence-electron chi connectivity index (χ2n) is 7.00. The Balaban J connectivity index is 1.93. The van der Waals surface area contributed by atoms with E-state index in [1.165, 1.54) is 6.92 Å². The molecule has 8 nitrogen and oxygen atoms in total. The minimum atomic E-state index is -0.649. The van der Waals surface area contributed by atoms with Crippen molar-refractivity contribution in [3.63, 3.8) is 0 Å². The van der Waals surface area contributed by atoms with Gasteiger partial charge in [-0.05, 0) is 33.0 Å². The van der Waals surface area contributed by atoms with Crippen molar-refractivity contribution >= 4 is 23.5 Å². The molecule has 3 amide bonds. The molecule has 0 aliphatic carbocycles. The number of hydrogen-bond acceptors (Lipinski definition) is 4. The molecule has 4 unspecified atom stereocenters. The van der Waals surface area contributed by atoms with Crippen molar-refractivity contribution in [3.8, 4) is 0 Å². The van der Waals surface area contributed by atoms with Gasteiger partial charge in [0.15, 0.2) is 6.04 Å². The van der Waals surface area contributed by atoms with Gasteiger partial charge in [0, 0.05) is 18.9 Å². The Kier molecular flexibility index (Phi) is 4.95. The SMILES string of the molecule is CNC(C)C(=O)NC1C(=O)N2c3c(ccc[n+]3C1C)CC2CNC(C)=O. The zero-order valence-electron chi connectivity index (χ0n) is 15.6. The Hall–Kier alpha value is -2.48. The Morgan fingerprint density at radius 3 is 2.81 bits per heavy atom. The van der Waals surface area contributed by atoms with Gasteiger partial charge in [0.25, 0.3) is 5.82 Å². The van der Waals surface area contributed by atoms with Gasteiger partial charge in [-0.25, -0.2) is 9.36 Å². The van der Waals surface area contributed by atoms with Gasteiger partial charge >= 0.3 is 5.91 Å². The summed E-state index contributed by atoms with van der Waals surface area (Å²) in [4.78, 5) is 38.6. The van der Waals surface area contributed by atoms with Crippen LogP contribution in [0.5, 0.6) is 0 Å². The number of rotatable bonds is 5. The zero-order valence-corrected chi connectivity index (χ0v) is 15.6. The second kappa shape index (κ2) is 7.03. The molecule has 0 aromatic carbocycles. The molecule has 0 bridgehead atoms. The quantitative estimate of drug-likeness (QED) is 0.589. The summed E-state index contributed by atoms with van der Waals surface area (Å²) in [6, 6.07) is 2.59. The monoisotopic (exact) mass is 360 g/mol. The molecule has 3 N–H and O–H groups in total. The van der Waals surface area contributed by atoms with Gasteiger partial charge in [0.2, 0.25) is 11.8 Å². The lowest BCUT2D eigenvalue weighted by Gasteiger charge is -2.33. The Labute approximate surface area is 152 Å². The number of anilines is 1. The Morgan fingerprint density at radius 1 is 1.42 bits per heavy atom. The lowest BCUT2D eigenvalue weighted by atomic mass is 10.0. The third kappa shape index (κ3) is 3.05. The molecule has 4 atom stereocenters. The minimum absolute atomic E-state index is 0.126. The van der Waals surface area contributed by atoms with Crippen LogP contribution in [0.4, 0.5) is 5.82 Å². The van der Waals surface area contributed by atoms with Crippen molar-refractivity contribution < 1.29 is 19.0 Å². The van der Waals surface area contributed by atoms with Crippen LogP contribution in [-0.4, -0.2) is 49.4 Å². The van der Waals surface area contributed by atoms with E-state index in [2.05, 4.69) is 16.0 Å². The summed E-state index contributed by atoms with van der Waals surface area (Å²) in [5.74, 6) is 0.400. The van der Waals surface area contributed by atoms with Crippen LogP contribution in [0.25, 0.3) is 0 Å². The van der Waals surface area contributed by atoms with Crippen molar-refractivity contribution in [2.24, 2.45) is 0 Å². The van der Waals surface area contributed by atoms with Crippen molar-refractivity contribution in [3.05, 3.63) is 23.9 Å². The van der Waals surface area contributed by atoms with Crippen LogP contribution in [-0.2, 0) is 20.8 Å². The zero-order chi connectivity index (χ0) is 19.0. The van der Waals surface area contributed by atoms with Crippen molar-refractivity contribution in [2.45, 2.75) is 51.4 Å². The molecule has 26 heavy (non-hydrogen) atoms. The lowest BCUT2D eigenvalue weighted by molar-refractivity contribution is -0.711. The summed E-state index contributed by atoms with van der Waals surface area (Å²) in [5.41, 5.74) is 1.08. The summed E-state index contributed by atoms with van der Waals surface area (Å²) in [6.07, 6.45) is 2.62. The predicted molar refractivity (Wildman–Crippen MR) is 95.5 cm³/mol. The predicted octanol–water partition coefficient (Wildman–Crippen LogP) is -0.965. The average Bonchev–Trinajstić information content (AvgIpc) is 2.99. The highest BCUT2D eigenvalue weighted by Gasteiger charge is 2.53. The molecule has 0 saturated heterocycles. The van der Waals surface area contributed by atoms with Gasteiger partial charge < -0.3 is 16.0 Å². The lowest BCUT2D eigenvalue weighted by Crippen LogP contribution is -2.67. The van der Waals surface area contributed by atoms with E-state index < -0.39 is 6.04 Å². The first kappa shape index (κ1) is 18.3. The molecule has 2 aliphatic rings. The van der Waals surface area contributed by atoms with Crippen molar-refractivity contribution in [1.29, 1.82) is 0 Å². The number of nitrogens with one attached hydrogen (secondary N) is 3. The maximum atomic E-state index is 13.2. The normalized spacial score (nSPS) is 24.8. The standard InChI is InChI=1S/C18H25N5O3/c1-10(19-4)16(25)21-15-11(2)22-7-5-6-13-8-14(9-20-12(3)24)23(17(13)22)18(15)26/h5-7,10-11,14-15,19H,8-9H2,1-4H3,(H-,20,21,24,25)/p+1. The van der Waals surface area contributed by atoms with E-state index in [0.29, 0.717) is 13.0 Å². The molecule has 1 aromatic rings. The number of pyridine rings is 1. The Bertz CT molecular complexity index is 750. The number of hydrogen-bond donors (Lipinski definition) is 3. The summed E-state index contributed by atoms with van der Waals surface area (Å²) < 4.78 is 2.04. The van der Waals surface area contributed by atoms with Crippen LogP contribution in [0.3, 0.4) is 0 Å². The third-order valence-electron chi connectivity index (χ3n) is 5.26. The molecule has 3 rings (SSSR count). The number of aromatic nitrogens is 1. The molecule has 3 heterocycles. The highest BCUT2D eigenvalue weighted by atomic mass is 16.2. The maximum absolute atomic E-state index is 13.2. The molecular weight excluding hydrogens is 334 g/mol. The molecule has 2 aliphatic heterocycles. The fourth-order valence-corrected chi connectivity index (χ4v) is 3.67. The number of nitrogens with zero attached hydrogens (tertiary/aromatic N) is 2. The first-order valence-corrected chi connectivity index (χ1v) is 8.93. The second-order valence-corrected chi connectivity index (χ2v) is 7.00. The molecule has 0 spiro atoms. The van der Waals surface area contributed by atoms with Gasteiger partial charge in [-0.15, -0.1) is 0 Å². The summed E-state index contributed by atoms with van der Waals surface area (Å²) in [6.45, 7) is 5.54. The van der Waals surface area contributed by atoms with Crippen LogP contribution in [0.15, 0.2) is 18.3 Å². The average molecular weight is 360 g/mol. The fourth-order valence-electron chi connectivity index (χ4n) is 3.67. The van der Waals surface area contributed by atoms with E-state index in [9.17, 15) is 14.4 Å². The Morgan fingerprint density at radius 2 is 2.15 bits per heavy atom. The van der Waals surface area contributed by atoms with E-state index in [4.69, 9.17) is 0 Å². The van der Waals surface area contributed by atoms with Gasteiger partial charge in [0.05, 0.1) is 18.8 Å². The van der Waals surface area contributed by atoms with Crippen LogP contribution < -0.4 is 25.4 Å². The topological polar surface area (TPSA) is 94.4 Å². The van der Waals surface area contributed by atoms with Gasteiger partial charge in [-0.2, -0.15) is 4.90 Å². The van der Waals surface area contributed by atoms with Crippen LogP contribution >= 0.6 is 0 Å². The molecule has 8 heteroatoms. The van der Waals surface area contributed by atoms with E-state index in [1.54, 1.807) is 18.9 Å². The molecule has 140 valence electrons. The number of carbonyl (C=O) groups excluding carboxylic acids is 3. The summed E-state index contributed by atoms with van der Waals surface area (Å²) in [5, 5.41) is 8.58. The smallest absolute Gasteiger partial charge is 0.336 e. The highest BCUT2D eigenvalue weighted by Crippen LogP contribution is 2.34. The molecule has 0 saturated carbocycles. The van der Waals surface area contributed by atoms with Gasteiger partial charge in [0.1, 0.15) is 12.1 Å². The third-order valence-corrected chi connectivity index (χ3v) is 5.26. The first-order valence-electron chi connectivity index (χ1n) is 8.93. The van der Waals surface area contributed by atoms with Crippen molar-refractivity contribution in [2.75, 3.05) is 18.5 Å². The maximum Gasteiger partial charge on any atom is 0.336 e. The largest absolute Gasteiger partial charge is 0.352 e. The van der Waals surface area contributed by atoms with Crippen LogP contribution in [0.1, 0.15) is 32.4 Å². The first-order chi connectivity index (χ1) is 12.3. The van der Waals surface area contributed by atoms with Gasteiger partial charge in [-0.1, -0.05) is 0 Å². The van der Waals surface area contributed by atoms with E-state index in [1.807, 2.05) is 29.8 Å². The van der Waals surface area contributed by atoms with Gasteiger partial charge in [-0.3, -0.25) is 9.59 Å².